The van der Waals surface area contributed by atoms with Crippen LogP contribution in [0.1, 0.15) is 12.1 Å². The molecule has 0 saturated heterocycles. The van der Waals surface area contributed by atoms with Crippen molar-refractivity contribution in [3.05, 3.63) is 42.1 Å². The van der Waals surface area contributed by atoms with Crippen LogP contribution in [0.25, 0.3) is 11.3 Å². The van der Waals surface area contributed by atoms with Gasteiger partial charge in [-0.1, -0.05) is 30.3 Å². The second-order valence-electron chi connectivity index (χ2n) is 4.88. The van der Waals surface area contributed by atoms with Crippen molar-refractivity contribution in [1.29, 1.82) is 0 Å². The molecule has 20 heavy (non-hydrogen) atoms. The standard InChI is InChI=1S/C15H19N3O2/c1-18(11-15(19)20)9-5-8-13-10-14(17-16-13)12-6-3-2-4-7-12/h2-4,6-7,10H,5,8-9,11H2,1H3,(H,16,17)(H,19,20). The van der Waals surface area contributed by atoms with Gasteiger partial charge in [-0.2, -0.15) is 5.10 Å². The first-order valence-corrected chi connectivity index (χ1v) is 6.65. The zero-order chi connectivity index (χ0) is 14.4. The highest BCUT2D eigenvalue weighted by molar-refractivity contribution is 5.69. The Morgan fingerprint density at radius 3 is 2.80 bits per heavy atom. The highest BCUT2D eigenvalue weighted by atomic mass is 16.4. The number of nitrogens with zero attached hydrogens (tertiary/aromatic N) is 2. The molecule has 0 radical (unpaired) electrons. The predicted molar refractivity (Wildman–Crippen MR) is 77.5 cm³/mol. The van der Waals surface area contributed by atoms with Gasteiger partial charge in [-0.15, -0.1) is 0 Å². The normalized spacial score (nSPS) is 10.9. The molecule has 0 aliphatic carbocycles. The molecule has 0 bridgehead atoms. The number of rotatable bonds is 7. The van der Waals surface area contributed by atoms with Crippen LogP contribution in [-0.4, -0.2) is 46.3 Å². The maximum atomic E-state index is 10.5. The molecule has 2 rings (SSSR count). The molecule has 0 amide bonds. The molecule has 2 N–H and O–H groups in total. The fraction of sp³-hybridized carbons (Fsp3) is 0.333. The Kier molecular flexibility index (Phi) is 4.90. The second-order valence-corrected chi connectivity index (χ2v) is 4.88. The number of hydrogen-bond donors (Lipinski definition) is 2. The van der Waals surface area contributed by atoms with E-state index in [2.05, 4.69) is 10.2 Å². The topological polar surface area (TPSA) is 69.2 Å². The lowest BCUT2D eigenvalue weighted by atomic mass is 10.1. The van der Waals surface area contributed by atoms with Crippen LogP contribution in [0, 0.1) is 0 Å². The number of aromatic nitrogens is 2. The van der Waals surface area contributed by atoms with E-state index >= 15 is 0 Å². The van der Waals surface area contributed by atoms with Crippen LogP contribution < -0.4 is 0 Å². The highest BCUT2D eigenvalue weighted by Crippen LogP contribution is 2.17. The van der Waals surface area contributed by atoms with E-state index < -0.39 is 5.97 Å². The van der Waals surface area contributed by atoms with Crippen molar-refractivity contribution in [2.24, 2.45) is 0 Å². The maximum absolute atomic E-state index is 10.5. The van der Waals surface area contributed by atoms with Crippen LogP contribution >= 0.6 is 0 Å². The lowest BCUT2D eigenvalue weighted by molar-refractivity contribution is -0.137. The van der Waals surface area contributed by atoms with Gasteiger partial charge >= 0.3 is 5.97 Å². The van der Waals surface area contributed by atoms with Gasteiger partial charge in [0.25, 0.3) is 0 Å². The maximum Gasteiger partial charge on any atom is 0.317 e. The van der Waals surface area contributed by atoms with Gasteiger partial charge in [0, 0.05) is 11.3 Å². The van der Waals surface area contributed by atoms with Crippen LogP contribution in [0.3, 0.4) is 0 Å². The number of carboxylic acids is 1. The molecule has 1 aromatic carbocycles. The average Bonchev–Trinajstić information content (AvgIpc) is 2.88. The first-order chi connectivity index (χ1) is 9.65. The summed E-state index contributed by atoms with van der Waals surface area (Å²) in [6.07, 6.45) is 1.77. The minimum atomic E-state index is -0.791. The molecule has 1 heterocycles. The molecule has 5 heteroatoms. The first kappa shape index (κ1) is 14.3. The number of aryl methyl sites for hydroxylation is 1. The monoisotopic (exact) mass is 273 g/mol. The summed E-state index contributed by atoms with van der Waals surface area (Å²) in [7, 11) is 1.82. The lowest BCUT2D eigenvalue weighted by Crippen LogP contribution is -2.26. The summed E-state index contributed by atoms with van der Waals surface area (Å²) < 4.78 is 0. The van der Waals surface area contributed by atoms with Gasteiger partial charge in [-0.25, -0.2) is 0 Å². The number of aliphatic carboxylic acids is 1. The first-order valence-electron chi connectivity index (χ1n) is 6.65. The van der Waals surface area contributed by atoms with E-state index in [9.17, 15) is 4.79 Å². The van der Waals surface area contributed by atoms with E-state index in [1.807, 2.05) is 43.4 Å². The minimum absolute atomic E-state index is 0.0816. The van der Waals surface area contributed by atoms with Gasteiger partial charge in [0.15, 0.2) is 0 Å². The summed E-state index contributed by atoms with van der Waals surface area (Å²) >= 11 is 0. The molecular weight excluding hydrogens is 254 g/mol. The van der Waals surface area contributed by atoms with E-state index in [1.165, 1.54) is 0 Å². The molecule has 0 atom stereocenters. The Hall–Kier alpha value is -2.14. The molecule has 0 saturated carbocycles. The van der Waals surface area contributed by atoms with Gasteiger partial charge in [0.1, 0.15) is 0 Å². The molecule has 0 unspecified atom stereocenters. The average molecular weight is 273 g/mol. The number of benzene rings is 1. The summed E-state index contributed by atoms with van der Waals surface area (Å²) in [6, 6.07) is 12.1. The summed E-state index contributed by atoms with van der Waals surface area (Å²) in [5, 5.41) is 16.0. The van der Waals surface area contributed by atoms with E-state index in [-0.39, 0.29) is 6.54 Å². The number of hydrogen-bond acceptors (Lipinski definition) is 3. The summed E-state index contributed by atoms with van der Waals surface area (Å²) in [4.78, 5) is 12.3. The minimum Gasteiger partial charge on any atom is -0.480 e. The second kappa shape index (κ2) is 6.86. The van der Waals surface area contributed by atoms with E-state index in [1.54, 1.807) is 4.90 Å². The van der Waals surface area contributed by atoms with Crippen molar-refractivity contribution in [3.8, 4) is 11.3 Å². The fourth-order valence-corrected chi connectivity index (χ4v) is 2.10. The predicted octanol–water partition coefficient (Wildman–Crippen LogP) is 2.03. The number of aromatic amines is 1. The van der Waals surface area contributed by atoms with E-state index in [4.69, 9.17) is 5.11 Å². The summed E-state index contributed by atoms with van der Waals surface area (Å²) in [6.45, 7) is 0.838. The third-order valence-corrected chi connectivity index (χ3v) is 3.09. The molecular formula is C15H19N3O2. The quantitative estimate of drug-likeness (QED) is 0.810. The van der Waals surface area contributed by atoms with Crippen molar-refractivity contribution in [1.82, 2.24) is 15.1 Å². The zero-order valence-corrected chi connectivity index (χ0v) is 11.5. The van der Waals surface area contributed by atoms with Crippen LogP contribution in [0.2, 0.25) is 0 Å². The van der Waals surface area contributed by atoms with Crippen molar-refractivity contribution in [2.75, 3.05) is 20.1 Å². The molecule has 0 aliphatic rings. The number of nitrogens with one attached hydrogen (secondary N) is 1. The number of H-pyrrole nitrogens is 1. The lowest BCUT2D eigenvalue weighted by Gasteiger charge is -2.12. The van der Waals surface area contributed by atoms with Gasteiger partial charge < -0.3 is 5.11 Å². The number of carboxylic acid groups (broad SMARTS) is 1. The van der Waals surface area contributed by atoms with Crippen molar-refractivity contribution >= 4 is 5.97 Å². The number of likely N-dealkylation sites (N-methyl/N-ethyl adjacent to an activating group) is 1. The number of carbonyl (C=O) groups is 1. The Bertz CT molecular complexity index is 551. The van der Waals surface area contributed by atoms with E-state index in [0.717, 1.165) is 36.3 Å². The summed E-state index contributed by atoms with van der Waals surface area (Å²) in [5.41, 5.74) is 3.12. The van der Waals surface area contributed by atoms with Gasteiger partial charge in [0.05, 0.1) is 12.2 Å². The highest BCUT2D eigenvalue weighted by Gasteiger charge is 2.06. The Balaban J connectivity index is 1.83. The summed E-state index contributed by atoms with van der Waals surface area (Å²) in [5.74, 6) is -0.791. The van der Waals surface area contributed by atoms with Crippen molar-refractivity contribution in [2.45, 2.75) is 12.8 Å². The van der Waals surface area contributed by atoms with Gasteiger partial charge in [-0.3, -0.25) is 14.8 Å². The molecule has 0 spiro atoms. The molecule has 1 aromatic heterocycles. The van der Waals surface area contributed by atoms with Crippen molar-refractivity contribution in [3.63, 3.8) is 0 Å². The molecule has 0 aliphatic heterocycles. The molecule has 0 fully saturated rings. The Morgan fingerprint density at radius 1 is 1.35 bits per heavy atom. The van der Waals surface area contributed by atoms with Gasteiger partial charge in [-0.05, 0) is 32.5 Å². The third kappa shape index (κ3) is 4.20. The Morgan fingerprint density at radius 2 is 2.10 bits per heavy atom. The smallest absolute Gasteiger partial charge is 0.317 e. The third-order valence-electron chi connectivity index (χ3n) is 3.09. The van der Waals surface area contributed by atoms with E-state index in [0.29, 0.717) is 0 Å². The Labute approximate surface area is 118 Å². The molecule has 2 aromatic rings. The van der Waals surface area contributed by atoms with Crippen LogP contribution in [0.5, 0.6) is 0 Å². The fourth-order valence-electron chi connectivity index (χ4n) is 2.10. The van der Waals surface area contributed by atoms with Crippen LogP contribution in [0.15, 0.2) is 36.4 Å². The van der Waals surface area contributed by atoms with Gasteiger partial charge in [0.2, 0.25) is 0 Å². The van der Waals surface area contributed by atoms with Crippen molar-refractivity contribution < 1.29 is 9.90 Å². The largest absolute Gasteiger partial charge is 0.480 e. The molecule has 106 valence electrons. The van der Waals surface area contributed by atoms with Crippen LogP contribution in [0.4, 0.5) is 0 Å². The SMILES string of the molecule is CN(CCCc1cc(-c2ccccc2)n[nH]1)CC(=O)O. The zero-order valence-electron chi connectivity index (χ0n) is 11.5. The van der Waals surface area contributed by atoms with Crippen LogP contribution in [-0.2, 0) is 11.2 Å². The molecule has 5 nitrogen and oxygen atoms in total.